The monoisotopic (exact) mass is 425 g/mol. The second-order valence-corrected chi connectivity index (χ2v) is 7.22. The average Bonchev–Trinajstić information content (AvgIpc) is 2.78. The van der Waals surface area contributed by atoms with Gasteiger partial charge < -0.3 is 5.73 Å². The van der Waals surface area contributed by atoms with E-state index in [1.54, 1.807) is 18.2 Å². The van der Waals surface area contributed by atoms with Crippen LogP contribution in [0.4, 0.5) is 10.8 Å². The number of rotatable bonds is 2. The number of aromatic nitrogens is 1. The third-order valence-electron chi connectivity index (χ3n) is 2.76. The highest BCUT2D eigenvalue weighted by molar-refractivity contribution is 9.11. The Labute approximate surface area is 141 Å². The number of nitrogen functional groups attached to an aromatic ring is 1. The first-order valence-electron chi connectivity index (χ1n) is 5.95. The first kappa shape index (κ1) is 14.5. The van der Waals surface area contributed by atoms with E-state index in [1.807, 2.05) is 18.2 Å². The Kier molecular flexibility index (Phi) is 3.97. The van der Waals surface area contributed by atoms with Gasteiger partial charge in [-0.2, -0.15) is 0 Å². The second kappa shape index (κ2) is 5.75. The Morgan fingerprint density at radius 3 is 2.57 bits per heavy atom. The van der Waals surface area contributed by atoms with E-state index in [4.69, 9.17) is 5.73 Å². The maximum absolute atomic E-state index is 12.3. The number of nitrogens with two attached hydrogens (primary N) is 1. The number of fused-ring (bicyclic) bond motifs is 1. The lowest BCUT2D eigenvalue weighted by atomic mass is 10.2. The van der Waals surface area contributed by atoms with Gasteiger partial charge in [0.25, 0.3) is 5.91 Å². The number of nitrogens with one attached hydrogen (secondary N) is 1. The number of carbonyl (C=O) groups is 1. The Morgan fingerprint density at radius 2 is 1.86 bits per heavy atom. The predicted molar refractivity (Wildman–Crippen MR) is 93.8 cm³/mol. The van der Waals surface area contributed by atoms with Crippen molar-refractivity contribution in [2.45, 2.75) is 0 Å². The first-order valence-corrected chi connectivity index (χ1v) is 8.35. The summed E-state index contributed by atoms with van der Waals surface area (Å²) < 4.78 is 2.61. The molecule has 0 bridgehead atoms. The van der Waals surface area contributed by atoms with Crippen molar-refractivity contribution in [1.82, 2.24) is 4.98 Å². The van der Waals surface area contributed by atoms with Crippen LogP contribution in [0.3, 0.4) is 0 Å². The van der Waals surface area contributed by atoms with Gasteiger partial charge in [-0.15, -0.1) is 0 Å². The molecule has 1 amide bonds. The zero-order valence-electron chi connectivity index (χ0n) is 10.6. The quantitative estimate of drug-likeness (QED) is 0.585. The lowest BCUT2D eigenvalue weighted by Gasteiger charge is -2.03. The van der Waals surface area contributed by atoms with Gasteiger partial charge in [0.15, 0.2) is 5.13 Å². The van der Waals surface area contributed by atoms with Crippen LogP contribution >= 0.6 is 43.2 Å². The summed E-state index contributed by atoms with van der Waals surface area (Å²) in [6.07, 6.45) is 0. The van der Waals surface area contributed by atoms with Crippen LogP contribution < -0.4 is 11.1 Å². The second-order valence-electron chi connectivity index (χ2n) is 4.36. The van der Waals surface area contributed by atoms with Crippen molar-refractivity contribution in [3.8, 4) is 0 Å². The molecule has 0 saturated heterocycles. The SMILES string of the molecule is Nc1ccc2nc(NC(=O)c3cc(Br)cc(Br)c3)sc2c1. The van der Waals surface area contributed by atoms with Crippen LogP contribution in [0.2, 0.25) is 0 Å². The van der Waals surface area contributed by atoms with Gasteiger partial charge in [-0.25, -0.2) is 4.98 Å². The third kappa shape index (κ3) is 3.25. The van der Waals surface area contributed by atoms with Crippen molar-refractivity contribution >= 4 is 70.1 Å². The van der Waals surface area contributed by atoms with Crippen molar-refractivity contribution in [3.63, 3.8) is 0 Å². The van der Waals surface area contributed by atoms with Gasteiger partial charge in [0.05, 0.1) is 10.2 Å². The summed E-state index contributed by atoms with van der Waals surface area (Å²) >= 11 is 8.13. The van der Waals surface area contributed by atoms with Gasteiger partial charge in [0, 0.05) is 20.2 Å². The normalized spacial score (nSPS) is 10.8. The summed E-state index contributed by atoms with van der Waals surface area (Å²) in [4.78, 5) is 16.6. The number of hydrogen-bond acceptors (Lipinski definition) is 4. The number of hydrogen-bond donors (Lipinski definition) is 2. The van der Waals surface area contributed by atoms with Gasteiger partial charge >= 0.3 is 0 Å². The number of halogens is 2. The van der Waals surface area contributed by atoms with E-state index in [0.717, 1.165) is 19.2 Å². The van der Waals surface area contributed by atoms with Crippen LogP contribution in [0.15, 0.2) is 45.3 Å². The molecule has 0 atom stereocenters. The molecular formula is C14H9Br2N3OS. The van der Waals surface area contributed by atoms with Crippen molar-refractivity contribution in [1.29, 1.82) is 0 Å². The standard InChI is InChI=1S/C14H9Br2N3OS/c15-8-3-7(4-9(16)5-8)13(20)19-14-18-11-2-1-10(17)6-12(11)21-14/h1-6H,17H2,(H,18,19,20). The molecule has 3 rings (SSSR count). The highest BCUT2D eigenvalue weighted by Crippen LogP contribution is 2.28. The van der Waals surface area contributed by atoms with E-state index in [2.05, 4.69) is 42.2 Å². The highest BCUT2D eigenvalue weighted by Gasteiger charge is 2.11. The molecule has 4 nitrogen and oxygen atoms in total. The molecular weight excluding hydrogens is 418 g/mol. The minimum Gasteiger partial charge on any atom is -0.399 e. The predicted octanol–water partition coefficient (Wildman–Crippen LogP) is 4.66. The van der Waals surface area contributed by atoms with Gasteiger partial charge in [-0.1, -0.05) is 43.2 Å². The number of thiazole rings is 1. The molecule has 106 valence electrons. The van der Waals surface area contributed by atoms with Gasteiger partial charge in [-0.05, 0) is 36.4 Å². The van der Waals surface area contributed by atoms with Crippen LogP contribution in [-0.4, -0.2) is 10.9 Å². The topological polar surface area (TPSA) is 68.0 Å². The molecule has 0 fully saturated rings. The lowest BCUT2D eigenvalue weighted by molar-refractivity contribution is 0.102. The highest BCUT2D eigenvalue weighted by atomic mass is 79.9. The molecule has 0 unspecified atom stereocenters. The number of amides is 1. The average molecular weight is 427 g/mol. The number of benzene rings is 2. The Morgan fingerprint density at radius 1 is 1.14 bits per heavy atom. The van der Waals surface area contributed by atoms with Crippen LogP contribution in [0.5, 0.6) is 0 Å². The molecule has 0 aliphatic rings. The third-order valence-corrected chi connectivity index (χ3v) is 4.61. The smallest absolute Gasteiger partial charge is 0.257 e. The van der Waals surface area contributed by atoms with Crippen LogP contribution in [0, 0.1) is 0 Å². The Balaban J connectivity index is 1.88. The number of carbonyl (C=O) groups excluding carboxylic acids is 1. The molecule has 0 spiro atoms. The van der Waals surface area contributed by atoms with Crippen LogP contribution in [0.25, 0.3) is 10.2 Å². The molecule has 3 aromatic rings. The van der Waals surface area contributed by atoms with Crippen molar-refractivity contribution in [3.05, 3.63) is 50.9 Å². The van der Waals surface area contributed by atoms with Crippen LogP contribution in [-0.2, 0) is 0 Å². The minimum absolute atomic E-state index is 0.205. The summed E-state index contributed by atoms with van der Waals surface area (Å²) in [5.74, 6) is -0.205. The number of anilines is 2. The molecule has 1 heterocycles. The summed E-state index contributed by atoms with van der Waals surface area (Å²) in [6.45, 7) is 0. The molecule has 21 heavy (non-hydrogen) atoms. The Bertz CT molecular complexity index is 827. The van der Waals surface area contributed by atoms with E-state index in [9.17, 15) is 4.79 Å². The molecule has 0 radical (unpaired) electrons. The maximum Gasteiger partial charge on any atom is 0.257 e. The fourth-order valence-corrected chi connectivity index (χ4v) is 4.05. The fraction of sp³-hybridized carbons (Fsp3) is 0. The molecule has 1 aromatic heterocycles. The molecule has 3 N–H and O–H groups in total. The first-order chi connectivity index (χ1) is 10.0. The zero-order chi connectivity index (χ0) is 15.0. The van der Waals surface area contributed by atoms with Crippen LogP contribution in [0.1, 0.15) is 10.4 Å². The van der Waals surface area contributed by atoms with Crippen molar-refractivity contribution < 1.29 is 4.79 Å². The summed E-state index contributed by atoms with van der Waals surface area (Å²) in [5.41, 5.74) is 7.79. The summed E-state index contributed by atoms with van der Waals surface area (Å²) in [6, 6.07) is 10.9. The zero-order valence-corrected chi connectivity index (χ0v) is 14.5. The van der Waals surface area contributed by atoms with Gasteiger partial charge in [0.1, 0.15) is 0 Å². The van der Waals surface area contributed by atoms with E-state index in [-0.39, 0.29) is 5.91 Å². The molecule has 0 aliphatic heterocycles. The summed E-state index contributed by atoms with van der Waals surface area (Å²) in [7, 11) is 0. The molecule has 0 aliphatic carbocycles. The largest absolute Gasteiger partial charge is 0.399 e. The van der Waals surface area contributed by atoms with E-state index >= 15 is 0 Å². The van der Waals surface area contributed by atoms with E-state index in [1.165, 1.54) is 11.3 Å². The fourth-order valence-electron chi connectivity index (χ4n) is 1.85. The van der Waals surface area contributed by atoms with Crippen molar-refractivity contribution in [2.75, 3.05) is 11.1 Å². The van der Waals surface area contributed by atoms with Crippen molar-refractivity contribution in [2.24, 2.45) is 0 Å². The number of nitrogens with zero attached hydrogens (tertiary/aromatic N) is 1. The van der Waals surface area contributed by atoms with Gasteiger partial charge in [-0.3, -0.25) is 10.1 Å². The minimum atomic E-state index is -0.205. The molecule has 0 saturated carbocycles. The Hall–Kier alpha value is -1.44. The summed E-state index contributed by atoms with van der Waals surface area (Å²) in [5, 5.41) is 3.36. The molecule has 2 aromatic carbocycles. The van der Waals surface area contributed by atoms with E-state index in [0.29, 0.717) is 16.4 Å². The molecule has 7 heteroatoms. The van der Waals surface area contributed by atoms with Gasteiger partial charge in [0.2, 0.25) is 0 Å². The lowest BCUT2D eigenvalue weighted by Crippen LogP contribution is -2.11. The van der Waals surface area contributed by atoms with E-state index < -0.39 is 0 Å². The maximum atomic E-state index is 12.3.